The van der Waals surface area contributed by atoms with Gasteiger partial charge in [-0.1, -0.05) is 6.92 Å². The summed E-state index contributed by atoms with van der Waals surface area (Å²) in [6.45, 7) is 3.81. The zero-order valence-electron chi connectivity index (χ0n) is 6.95. The van der Waals surface area contributed by atoms with Crippen LogP contribution in [0, 0.1) is 5.92 Å². The number of hydrogen-bond donors (Lipinski definition) is 1. The van der Waals surface area contributed by atoms with Gasteiger partial charge >= 0.3 is 0 Å². The van der Waals surface area contributed by atoms with Crippen LogP contribution in [0.2, 0.25) is 0 Å². The molecule has 0 amide bonds. The summed E-state index contributed by atoms with van der Waals surface area (Å²) < 4.78 is 5.14. The van der Waals surface area contributed by atoms with E-state index in [1.807, 2.05) is 19.1 Å². The molecule has 2 unspecified atom stereocenters. The van der Waals surface area contributed by atoms with Crippen LogP contribution in [0.3, 0.4) is 0 Å². The quantitative estimate of drug-likeness (QED) is 0.720. The van der Waals surface area contributed by atoms with E-state index in [1.54, 1.807) is 13.2 Å². The van der Waals surface area contributed by atoms with Crippen LogP contribution in [0.1, 0.15) is 19.6 Å². The maximum absolute atomic E-state index is 9.18. The molecule has 0 aliphatic rings. The lowest BCUT2D eigenvalue weighted by atomic mass is 10.0. The fraction of sp³-hybridized carbons (Fsp3) is 0.556. The van der Waals surface area contributed by atoms with Crippen molar-refractivity contribution in [1.82, 2.24) is 0 Å². The van der Waals surface area contributed by atoms with E-state index in [-0.39, 0.29) is 12.0 Å². The lowest BCUT2D eigenvalue weighted by molar-refractivity contribution is 0.132. The average molecular weight is 154 g/mol. The van der Waals surface area contributed by atoms with Crippen molar-refractivity contribution in [2.45, 2.75) is 26.4 Å². The van der Waals surface area contributed by atoms with Gasteiger partial charge in [0.1, 0.15) is 5.76 Å². The van der Waals surface area contributed by atoms with E-state index in [2.05, 4.69) is 0 Å². The molecule has 0 saturated carbocycles. The monoisotopic (exact) mass is 154 g/mol. The molecule has 11 heavy (non-hydrogen) atoms. The van der Waals surface area contributed by atoms with Crippen LogP contribution < -0.4 is 0 Å². The molecule has 0 fully saturated rings. The highest BCUT2D eigenvalue weighted by Gasteiger charge is 2.10. The Kier molecular flexibility index (Phi) is 2.71. The zero-order chi connectivity index (χ0) is 8.27. The van der Waals surface area contributed by atoms with Crippen LogP contribution in [-0.2, 0) is 6.42 Å². The number of aliphatic hydroxyl groups is 1. The highest BCUT2D eigenvalue weighted by Crippen LogP contribution is 2.11. The van der Waals surface area contributed by atoms with Gasteiger partial charge in [-0.25, -0.2) is 0 Å². The van der Waals surface area contributed by atoms with Crippen molar-refractivity contribution in [3.05, 3.63) is 24.2 Å². The summed E-state index contributed by atoms with van der Waals surface area (Å²) in [6.07, 6.45) is 2.20. The van der Waals surface area contributed by atoms with Crippen molar-refractivity contribution < 1.29 is 9.52 Å². The number of aliphatic hydroxyl groups excluding tert-OH is 1. The van der Waals surface area contributed by atoms with E-state index in [4.69, 9.17) is 4.42 Å². The van der Waals surface area contributed by atoms with Crippen molar-refractivity contribution in [3.8, 4) is 0 Å². The van der Waals surface area contributed by atoms with Crippen LogP contribution in [0.5, 0.6) is 0 Å². The van der Waals surface area contributed by atoms with E-state index in [1.165, 1.54) is 0 Å². The zero-order valence-corrected chi connectivity index (χ0v) is 6.95. The van der Waals surface area contributed by atoms with Gasteiger partial charge in [-0.05, 0) is 25.0 Å². The molecule has 2 atom stereocenters. The molecule has 0 aromatic carbocycles. The first kappa shape index (κ1) is 8.34. The van der Waals surface area contributed by atoms with Crippen molar-refractivity contribution in [2.75, 3.05) is 0 Å². The molecule has 1 heterocycles. The Labute approximate surface area is 66.8 Å². The largest absolute Gasteiger partial charge is 0.469 e. The summed E-state index contributed by atoms with van der Waals surface area (Å²) >= 11 is 0. The predicted molar refractivity (Wildman–Crippen MR) is 43.3 cm³/mol. The first-order valence-corrected chi connectivity index (χ1v) is 3.90. The third-order valence-corrected chi connectivity index (χ3v) is 1.93. The van der Waals surface area contributed by atoms with Crippen LogP contribution >= 0.6 is 0 Å². The lowest BCUT2D eigenvalue weighted by Crippen LogP contribution is -2.14. The number of furan rings is 1. The van der Waals surface area contributed by atoms with Crippen LogP contribution in [-0.4, -0.2) is 11.2 Å². The van der Waals surface area contributed by atoms with Crippen LogP contribution in [0.15, 0.2) is 22.8 Å². The molecule has 1 aromatic heterocycles. The van der Waals surface area contributed by atoms with E-state index in [9.17, 15) is 5.11 Å². The van der Waals surface area contributed by atoms with Gasteiger partial charge in [0.15, 0.2) is 0 Å². The van der Waals surface area contributed by atoms with E-state index in [0.29, 0.717) is 0 Å². The third-order valence-electron chi connectivity index (χ3n) is 1.93. The molecule has 1 N–H and O–H groups in total. The Morgan fingerprint density at radius 1 is 1.55 bits per heavy atom. The summed E-state index contributed by atoms with van der Waals surface area (Å²) in [5.41, 5.74) is 0. The van der Waals surface area contributed by atoms with Gasteiger partial charge in [0.25, 0.3) is 0 Å². The second-order valence-electron chi connectivity index (χ2n) is 3.00. The minimum absolute atomic E-state index is 0.264. The van der Waals surface area contributed by atoms with Gasteiger partial charge in [-0.3, -0.25) is 0 Å². The Bertz CT molecular complexity index is 189. The van der Waals surface area contributed by atoms with Gasteiger partial charge in [0.05, 0.1) is 12.4 Å². The fourth-order valence-electron chi connectivity index (χ4n) is 0.917. The third kappa shape index (κ3) is 2.39. The topological polar surface area (TPSA) is 33.4 Å². The molecule has 1 aromatic rings. The van der Waals surface area contributed by atoms with Crippen LogP contribution in [0.25, 0.3) is 0 Å². The summed E-state index contributed by atoms with van der Waals surface area (Å²) in [7, 11) is 0. The minimum atomic E-state index is -0.264. The van der Waals surface area contributed by atoms with E-state index >= 15 is 0 Å². The van der Waals surface area contributed by atoms with Gasteiger partial charge < -0.3 is 9.52 Å². The molecule has 0 aliphatic heterocycles. The highest BCUT2D eigenvalue weighted by atomic mass is 16.3. The predicted octanol–water partition coefficient (Wildman–Crippen LogP) is 1.84. The van der Waals surface area contributed by atoms with Crippen molar-refractivity contribution in [2.24, 2.45) is 5.92 Å². The van der Waals surface area contributed by atoms with Crippen molar-refractivity contribution >= 4 is 0 Å². The molecule has 0 aliphatic carbocycles. The number of hydrogen-bond acceptors (Lipinski definition) is 2. The van der Waals surface area contributed by atoms with E-state index in [0.717, 1.165) is 12.2 Å². The molecule has 62 valence electrons. The second kappa shape index (κ2) is 3.58. The van der Waals surface area contributed by atoms with E-state index < -0.39 is 0 Å². The first-order chi connectivity index (χ1) is 5.20. The highest BCUT2D eigenvalue weighted by molar-refractivity contribution is 4.99. The Hall–Kier alpha value is -0.760. The molecule has 1 rings (SSSR count). The fourth-order valence-corrected chi connectivity index (χ4v) is 0.917. The standard InChI is InChI=1S/C9H14O2/c1-7(8(2)10)6-9-4-3-5-11-9/h3-5,7-8,10H,6H2,1-2H3. The maximum Gasteiger partial charge on any atom is 0.104 e. The maximum atomic E-state index is 9.18. The molecule has 2 heteroatoms. The van der Waals surface area contributed by atoms with Crippen LogP contribution in [0.4, 0.5) is 0 Å². The molecule has 0 spiro atoms. The Morgan fingerprint density at radius 2 is 2.27 bits per heavy atom. The molecular weight excluding hydrogens is 140 g/mol. The molecule has 2 nitrogen and oxygen atoms in total. The van der Waals surface area contributed by atoms with Crippen molar-refractivity contribution in [3.63, 3.8) is 0 Å². The normalized spacial score (nSPS) is 16.3. The molecule has 0 saturated heterocycles. The minimum Gasteiger partial charge on any atom is -0.469 e. The lowest BCUT2D eigenvalue weighted by Gasteiger charge is -2.11. The summed E-state index contributed by atoms with van der Waals surface area (Å²) in [4.78, 5) is 0. The molecular formula is C9H14O2. The summed E-state index contributed by atoms with van der Waals surface area (Å²) in [6, 6.07) is 3.79. The number of rotatable bonds is 3. The SMILES string of the molecule is CC(O)C(C)Cc1ccco1. The summed E-state index contributed by atoms with van der Waals surface area (Å²) in [5.74, 6) is 1.21. The van der Waals surface area contributed by atoms with Gasteiger partial charge in [-0.2, -0.15) is 0 Å². The van der Waals surface area contributed by atoms with Gasteiger partial charge in [-0.15, -0.1) is 0 Å². The summed E-state index contributed by atoms with van der Waals surface area (Å²) in [5, 5.41) is 9.18. The Balaban J connectivity index is 2.43. The van der Waals surface area contributed by atoms with Gasteiger partial charge in [0, 0.05) is 6.42 Å². The molecule has 0 radical (unpaired) electrons. The average Bonchev–Trinajstić information content (AvgIpc) is 2.39. The first-order valence-electron chi connectivity index (χ1n) is 3.90. The van der Waals surface area contributed by atoms with Crippen molar-refractivity contribution in [1.29, 1.82) is 0 Å². The second-order valence-corrected chi connectivity index (χ2v) is 3.00. The smallest absolute Gasteiger partial charge is 0.104 e. The Morgan fingerprint density at radius 3 is 2.73 bits per heavy atom. The molecule has 0 bridgehead atoms. The van der Waals surface area contributed by atoms with Gasteiger partial charge in [0.2, 0.25) is 0 Å².